The first-order chi connectivity index (χ1) is 10.7. The second-order valence-electron chi connectivity index (χ2n) is 7.08. The number of rotatable bonds is 4. The Kier molecular flexibility index (Phi) is 8.50. The number of nitriles is 4. The Labute approximate surface area is 144 Å². The summed E-state index contributed by atoms with van der Waals surface area (Å²) < 4.78 is 0. The smallest absolute Gasteiger partial charge is 0.162 e. The largest absolute Gasteiger partial charge is 0.196 e. The van der Waals surface area contributed by atoms with Crippen LogP contribution in [0.15, 0.2) is 20.5 Å². The molecule has 24 heavy (non-hydrogen) atoms. The van der Waals surface area contributed by atoms with Crippen molar-refractivity contribution in [3.8, 4) is 24.3 Å². The van der Waals surface area contributed by atoms with E-state index in [1.807, 2.05) is 24.3 Å². The van der Waals surface area contributed by atoms with Crippen LogP contribution in [0.5, 0.6) is 0 Å². The Balaban J connectivity index is 0. The third kappa shape index (κ3) is 11.8. The number of nitrogens with zero attached hydrogens (tertiary/aromatic N) is 8. The standard InChI is InChI=1S/2C8H12N4/c2*1-7(2,5-9)11-12-8(3,4)6-10/h2*1-4H3. The molecule has 0 aliphatic carbocycles. The van der Waals surface area contributed by atoms with E-state index in [0.29, 0.717) is 0 Å². The van der Waals surface area contributed by atoms with Crippen molar-refractivity contribution in [1.82, 2.24) is 0 Å². The van der Waals surface area contributed by atoms with E-state index in [-0.39, 0.29) is 0 Å². The molecule has 0 aromatic heterocycles. The van der Waals surface area contributed by atoms with E-state index in [4.69, 9.17) is 21.0 Å². The Morgan fingerprint density at radius 3 is 0.625 bits per heavy atom. The van der Waals surface area contributed by atoms with Crippen LogP contribution in [0.25, 0.3) is 0 Å². The van der Waals surface area contributed by atoms with Crippen LogP contribution < -0.4 is 0 Å². The molecule has 128 valence electrons. The molecule has 0 atom stereocenters. The third-order valence-electron chi connectivity index (χ3n) is 2.19. The van der Waals surface area contributed by atoms with Crippen molar-refractivity contribution >= 4 is 0 Å². The molecule has 0 unspecified atom stereocenters. The summed E-state index contributed by atoms with van der Waals surface area (Å²) in [6, 6.07) is 7.87. The summed E-state index contributed by atoms with van der Waals surface area (Å²) in [4.78, 5) is 0. The van der Waals surface area contributed by atoms with E-state index in [1.54, 1.807) is 55.4 Å². The molecule has 0 aliphatic rings. The van der Waals surface area contributed by atoms with E-state index in [2.05, 4.69) is 20.5 Å². The lowest BCUT2D eigenvalue weighted by Crippen LogP contribution is -2.17. The fraction of sp³-hybridized carbons (Fsp3) is 0.750. The van der Waals surface area contributed by atoms with Crippen LogP contribution in [0.3, 0.4) is 0 Å². The fourth-order valence-corrected chi connectivity index (χ4v) is 0.589. The summed E-state index contributed by atoms with van der Waals surface area (Å²) in [5.74, 6) is 0. The van der Waals surface area contributed by atoms with E-state index in [0.717, 1.165) is 0 Å². The highest BCUT2D eigenvalue weighted by molar-refractivity contribution is 5.04. The molecule has 0 bridgehead atoms. The topological polar surface area (TPSA) is 145 Å². The van der Waals surface area contributed by atoms with Crippen molar-refractivity contribution in [2.24, 2.45) is 20.5 Å². The monoisotopic (exact) mass is 328 g/mol. The van der Waals surface area contributed by atoms with Crippen LogP contribution in [0.1, 0.15) is 55.4 Å². The van der Waals surface area contributed by atoms with Gasteiger partial charge in [0.15, 0.2) is 22.2 Å². The molecule has 0 saturated carbocycles. The average Bonchev–Trinajstić information content (AvgIpc) is 2.52. The maximum absolute atomic E-state index is 8.58. The molecule has 0 saturated heterocycles. The van der Waals surface area contributed by atoms with Gasteiger partial charge in [-0.25, -0.2) is 0 Å². The Bertz CT molecular complexity index is 526. The van der Waals surface area contributed by atoms with Gasteiger partial charge in [0.05, 0.1) is 24.3 Å². The zero-order chi connectivity index (χ0) is 19.7. The quantitative estimate of drug-likeness (QED) is 0.715. The Morgan fingerprint density at radius 2 is 0.542 bits per heavy atom. The van der Waals surface area contributed by atoms with Crippen molar-refractivity contribution in [1.29, 1.82) is 21.0 Å². The van der Waals surface area contributed by atoms with Crippen molar-refractivity contribution in [3.05, 3.63) is 0 Å². The van der Waals surface area contributed by atoms with Crippen molar-refractivity contribution < 1.29 is 0 Å². The van der Waals surface area contributed by atoms with Gasteiger partial charge in [-0.1, -0.05) is 0 Å². The SMILES string of the molecule is CC(C)(C#N)N=NC(C)(C)C#N.CC(C)(C#N)N=NC(C)(C)C#N. The molecule has 0 aromatic carbocycles. The molecule has 0 aliphatic heterocycles. The Hall–Kier alpha value is -2.84. The lowest BCUT2D eigenvalue weighted by atomic mass is 10.1. The van der Waals surface area contributed by atoms with Gasteiger partial charge in [-0.3, -0.25) is 0 Å². The van der Waals surface area contributed by atoms with E-state index < -0.39 is 22.2 Å². The van der Waals surface area contributed by atoms with Gasteiger partial charge in [-0.05, 0) is 55.4 Å². The second kappa shape index (κ2) is 8.70. The van der Waals surface area contributed by atoms with Gasteiger partial charge in [-0.2, -0.15) is 41.5 Å². The molecule has 0 fully saturated rings. The minimum atomic E-state index is -0.839. The van der Waals surface area contributed by atoms with Crippen LogP contribution >= 0.6 is 0 Å². The lowest BCUT2D eigenvalue weighted by molar-refractivity contribution is 0.541. The minimum Gasteiger partial charge on any atom is -0.196 e. The predicted octanol–water partition coefficient (Wildman–Crippen LogP) is 4.09. The average molecular weight is 328 g/mol. The third-order valence-corrected chi connectivity index (χ3v) is 2.19. The van der Waals surface area contributed by atoms with E-state index in [1.165, 1.54) is 0 Å². The molecular formula is C16H24N8. The van der Waals surface area contributed by atoms with Crippen LogP contribution in [0.2, 0.25) is 0 Å². The highest BCUT2D eigenvalue weighted by Gasteiger charge is 2.20. The Morgan fingerprint density at radius 1 is 0.417 bits per heavy atom. The van der Waals surface area contributed by atoms with Gasteiger partial charge in [0, 0.05) is 0 Å². The first-order valence-electron chi connectivity index (χ1n) is 7.19. The molecule has 0 amide bonds. The molecule has 0 rings (SSSR count). The fourth-order valence-electron chi connectivity index (χ4n) is 0.589. The molecule has 0 spiro atoms. The first kappa shape index (κ1) is 23.4. The summed E-state index contributed by atoms with van der Waals surface area (Å²) >= 11 is 0. The van der Waals surface area contributed by atoms with Crippen molar-refractivity contribution in [2.45, 2.75) is 77.5 Å². The summed E-state index contributed by atoms with van der Waals surface area (Å²) in [7, 11) is 0. The van der Waals surface area contributed by atoms with Gasteiger partial charge in [0.2, 0.25) is 0 Å². The molecule has 0 aromatic rings. The van der Waals surface area contributed by atoms with Crippen LogP contribution in [0, 0.1) is 45.3 Å². The molecular weight excluding hydrogens is 304 g/mol. The maximum atomic E-state index is 8.58. The summed E-state index contributed by atoms with van der Waals surface area (Å²) in [6.07, 6.45) is 0. The zero-order valence-electron chi connectivity index (χ0n) is 15.6. The molecule has 0 heterocycles. The van der Waals surface area contributed by atoms with Crippen LogP contribution in [-0.2, 0) is 0 Å². The van der Waals surface area contributed by atoms with Gasteiger partial charge >= 0.3 is 0 Å². The van der Waals surface area contributed by atoms with Crippen LogP contribution in [-0.4, -0.2) is 22.2 Å². The maximum Gasteiger partial charge on any atom is 0.162 e. The number of azo groups is 2. The zero-order valence-corrected chi connectivity index (χ0v) is 15.6. The highest BCUT2D eigenvalue weighted by atomic mass is 15.2. The number of hydrogen-bond donors (Lipinski definition) is 0. The summed E-state index contributed by atoms with van der Waals surface area (Å²) in [5, 5.41) is 49.3. The van der Waals surface area contributed by atoms with Gasteiger partial charge < -0.3 is 0 Å². The normalized spacial score (nSPS) is 12.5. The molecule has 8 nitrogen and oxygen atoms in total. The van der Waals surface area contributed by atoms with Gasteiger partial charge in [0.1, 0.15) is 0 Å². The summed E-state index contributed by atoms with van der Waals surface area (Å²) in [5.41, 5.74) is -3.36. The van der Waals surface area contributed by atoms with Crippen molar-refractivity contribution in [3.63, 3.8) is 0 Å². The lowest BCUT2D eigenvalue weighted by Gasteiger charge is -2.11. The second-order valence-corrected chi connectivity index (χ2v) is 7.08. The predicted molar refractivity (Wildman–Crippen MR) is 88.5 cm³/mol. The highest BCUT2D eigenvalue weighted by Crippen LogP contribution is 2.14. The van der Waals surface area contributed by atoms with E-state index in [9.17, 15) is 0 Å². The van der Waals surface area contributed by atoms with E-state index >= 15 is 0 Å². The van der Waals surface area contributed by atoms with Gasteiger partial charge in [0.25, 0.3) is 0 Å². The minimum absolute atomic E-state index is 0.839. The molecule has 8 heteroatoms. The van der Waals surface area contributed by atoms with Crippen molar-refractivity contribution in [2.75, 3.05) is 0 Å². The van der Waals surface area contributed by atoms with Gasteiger partial charge in [-0.15, -0.1) is 0 Å². The first-order valence-corrected chi connectivity index (χ1v) is 7.19. The summed E-state index contributed by atoms with van der Waals surface area (Å²) in [6.45, 7) is 13.1. The van der Waals surface area contributed by atoms with Crippen LogP contribution in [0.4, 0.5) is 0 Å². The molecule has 0 N–H and O–H groups in total. The number of hydrogen-bond acceptors (Lipinski definition) is 8. The molecule has 0 radical (unpaired) electrons.